The van der Waals surface area contributed by atoms with Crippen molar-refractivity contribution in [1.29, 1.82) is 0 Å². The van der Waals surface area contributed by atoms with Crippen LogP contribution in [0.25, 0.3) is 0 Å². The molecular weight excluding hydrogens is 339 g/mol. The lowest BCUT2D eigenvalue weighted by molar-refractivity contribution is -0.149. The molecule has 5 heteroatoms. The average molecular weight is 355 g/mol. The molecule has 1 aromatic carbocycles. The Morgan fingerprint density at radius 3 is 2.57 bits per heavy atom. The minimum atomic E-state index is -0.577. The Hall–Kier alpha value is -1.49. The number of esters is 1. The van der Waals surface area contributed by atoms with Gasteiger partial charge in [-0.15, -0.1) is 0 Å². The van der Waals surface area contributed by atoms with Gasteiger partial charge in [0.15, 0.2) is 5.78 Å². The minimum Gasteiger partial charge on any atom is -0.466 e. The van der Waals surface area contributed by atoms with Crippen LogP contribution in [0, 0.1) is 17.7 Å². The number of benzene rings is 1. The topological polar surface area (TPSA) is 43.4 Å². The van der Waals surface area contributed by atoms with E-state index >= 15 is 0 Å². The minimum absolute atomic E-state index is 0.0211. The van der Waals surface area contributed by atoms with Crippen LogP contribution in [-0.4, -0.2) is 18.4 Å². The standard InChI is InChI=1S/C16H16BrFO3/c1-2-21-16(20)12-6-4-3-5-11(12)15(19)13-8-7-10(17)9-14(13)18/h3-4,7-9,11-12H,2,5-6H2,1H3. The summed E-state index contributed by atoms with van der Waals surface area (Å²) < 4.78 is 19.5. The van der Waals surface area contributed by atoms with E-state index in [0.29, 0.717) is 17.3 Å². The predicted molar refractivity (Wildman–Crippen MR) is 80.4 cm³/mol. The van der Waals surface area contributed by atoms with E-state index in [1.807, 2.05) is 12.2 Å². The van der Waals surface area contributed by atoms with Gasteiger partial charge in [-0.05, 0) is 38.0 Å². The molecule has 1 aliphatic rings. The molecule has 0 amide bonds. The Kier molecular flexibility index (Phi) is 5.28. The van der Waals surface area contributed by atoms with Crippen LogP contribution in [0.15, 0.2) is 34.8 Å². The molecule has 0 bridgehead atoms. The maximum atomic E-state index is 13.9. The summed E-state index contributed by atoms with van der Waals surface area (Å²) >= 11 is 3.16. The lowest BCUT2D eigenvalue weighted by Gasteiger charge is -2.25. The van der Waals surface area contributed by atoms with Gasteiger partial charge in [0.05, 0.1) is 18.1 Å². The summed E-state index contributed by atoms with van der Waals surface area (Å²) in [4.78, 5) is 24.5. The Bertz CT molecular complexity index is 583. The zero-order chi connectivity index (χ0) is 15.4. The first kappa shape index (κ1) is 15.9. The van der Waals surface area contributed by atoms with Crippen LogP contribution < -0.4 is 0 Å². The number of Topliss-reactive ketones (excluding diaryl/α,β-unsaturated/α-hetero) is 1. The van der Waals surface area contributed by atoms with Crippen molar-refractivity contribution in [2.45, 2.75) is 19.8 Å². The van der Waals surface area contributed by atoms with Gasteiger partial charge in [0.25, 0.3) is 0 Å². The zero-order valence-corrected chi connectivity index (χ0v) is 13.2. The highest BCUT2D eigenvalue weighted by Gasteiger charge is 2.36. The highest BCUT2D eigenvalue weighted by atomic mass is 79.9. The molecule has 2 unspecified atom stereocenters. The summed E-state index contributed by atoms with van der Waals surface area (Å²) in [5, 5.41) is 0. The van der Waals surface area contributed by atoms with E-state index in [1.54, 1.807) is 13.0 Å². The van der Waals surface area contributed by atoms with E-state index in [-0.39, 0.29) is 18.0 Å². The van der Waals surface area contributed by atoms with Crippen LogP contribution in [-0.2, 0) is 9.53 Å². The molecule has 1 aromatic rings. The molecule has 0 fully saturated rings. The van der Waals surface area contributed by atoms with E-state index < -0.39 is 23.6 Å². The van der Waals surface area contributed by atoms with Crippen molar-refractivity contribution in [3.63, 3.8) is 0 Å². The molecule has 21 heavy (non-hydrogen) atoms. The Morgan fingerprint density at radius 2 is 1.95 bits per heavy atom. The van der Waals surface area contributed by atoms with E-state index in [2.05, 4.69) is 15.9 Å². The number of hydrogen-bond acceptors (Lipinski definition) is 3. The second kappa shape index (κ2) is 6.98. The van der Waals surface area contributed by atoms with Gasteiger partial charge < -0.3 is 4.74 Å². The SMILES string of the molecule is CCOC(=O)C1CC=CCC1C(=O)c1ccc(Br)cc1F. The van der Waals surface area contributed by atoms with Crippen molar-refractivity contribution in [1.82, 2.24) is 0 Å². The Balaban J connectivity index is 2.27. The van der Waals surface area contributed by atoms with Crippen molar-refractivity contribution in [2.24, 2.45) is 11.8 Å². The van der Waals surface area contributed by atoms with Crippen LogP contribution in [0.1, 0.15) is 30.1 Å². The third-order valence-corrected chi connectivity index (χ3v) is 4.05. The Labute approximate surface area is 131 Å². The molecule has 3 nitrogen and oxygen atoms in total. The molecule has 0 N–H and O–H groups in total. The molecule has 112 valence electrons. The van der Waals surface area contributed by atoms with Gasteiger partial charge in [-0.1, -0.05) is 28.1 Å². The molecule has 0 aromatic heterocycles. The first-order chi connectivity index (χ1) is 10.0. The van der Waals surface area contributed by atoms with E-state index in [1.165, 1.54) is 12.1 Å². The second-order valence-electron chi connectivity index (χ2n) is 4.90. The second-order valence-corrected chi connectivity index (χ2v) is 5.81. The Morgan fingerprint density at radius 1 is 1.29 bits per heavy atom. The van der Waals surface area contributed by atoms with E-state index in [0.717, 1.165) is 0 Å². The molecular formula is C16H16BrFO3. The van der Waals surface area contributed by atoms with Gasteiger partial charge in [0.1, 0.15) is 5.82 Å². The summed E-state index contributed by atoms with van der Waals surface area (Å²) in [7, 11) is 0. The molecule has 0 heterocycles. The van der Waals surface area contributed by atoms with Crippen molar-refractivity contribution in [2.75, 3.05) is 6.61 Å². The largest absolute Gasteiger partial charge is 0.466 e. The highest BCUT2D eigenvalue weighted by Crippen LogP contribution is 2.31. The van der Waals surface area contributed by atoms with Crippen LogP contribution in [0.2, 0.25) is 0 Å². The first-order valence-electron chi connectivity index (χ1n) is 6.85. The van der Waals surface area contributed by atoms with Crippen molar-refractivity contribution >= 4 is 27.7 Å². The van der Waals surface area contributed by atoms with Gasteiger partial charge in [0, 0.05) is 10.4 Å². The summed E-state index contributed by atoms with van der Waals surface area (Å²) in [5.41, 5.74) is 0.0211. The van der Waals surface area contributed by atoms with Crippen LogP contribution in [0.3, 0.4) is 0 Å². The number of carbonyl (C=O) groups excluding carboxylic acids is 2. The molecule has 2 rings (SSSR count). The lowest BCUT2D eigenvalue weighted by Crippen LogP contribution is -2.33. The summed E-state index contributed by atoms with van der Waals surface area (Å²) in [5.74, 6) is -2.41. The average Bonchev–Trinajstić information content (AvgIpc) is 2.47. The number of allylic oxidation sites excluding steroid dienone is 2. The summed E-state index contributed by atoms with van der Waals surface area (Å²) in [6.45, 7) is 1.99. The maximum absolute atomic E-state index is 13.9. The quantitative estimate of drug-likeness (QED) is 0.467. The van der Waals surface area contributed by atoms with Gasteiger partial charge in [-0.3, -0.25) is 9.59 Å². The third kappa shape index (κ3) is 3.59. The lowest BCUT2D eigenvalue weighted by atomic mass is 9.78. The first-order valence-corrected chi connectivity index (χ1v) is 7.64. The predicted octanol–water partition coefficient (Wildman–Crippen LogP) is 3.92. The fraction of sp³-hybridized carbons (Fsp3) is 0.375. The molecule has 0 spiro atoms. The smallest absolute Gasteiger partial charge is 0.309 e. The molecule has 0 saturated carbocycles. The molecule has 1 aliphatic carbocycles. The number of ether oxygens (including phenoxy) is 1. The van der Waals surface area contributed by atoms with E-state index in [9.17, 15) is 14.0 Å². The maximum Gasteiger partial charge on any atom is 0.309 e. The van der Waals surface area contributed by atoms with Crippen molar-refractivity contribution < 1.29 is 18.7 Å². The highest BCUT2D eigenvalue weighted by molar-refractivity contribution is 9.10. The zero-order valence-electron chi connectivity index (χ0n) is 11.6. The molecule has 2 atom stereocenters. The van der Waals surface area contributed by atoms with Crippen molar-refractivity contribution in [3.05, 3.63) is 46.2 Å². The van der Waals surface area contributed by atoms with Gasteiger partial charge >= 0.3 is 5.97 Å². The molecule has 0 saturated heterocycles. The van der Waals surface area contributed by atoms with Gasteiger partial charge in [0.2, 0.25) is 0 Å². The summed E-state index contributed by atoms with van der Waals surface area (Å²) in [6.07, 6.45) is 4.60. The van der Waals surface area contributed by atoms with Crippen LogP contribution >= 0.6 is 15.9 Å². The fourth-order valence-corrected chi connectivity index (χ4v) is 2.84. The van der Waals surface area contributed by atoms with Crippen LogP contribution in [0.5, 0.6) is 0 Å². The number of hydrogen-bond donors (Lipinski definition) is 0. The number of carbonyl (C=O) groups is 2. The molecule has 0 radical (unpaired) electrons. The van der Waals surface area contributed by atoms with Crippen molar-refractivity contribution in [3.8, 4) is 0 Å². The monoisotopic (exact) mass is 354 g/mol. The normalized spacial score (nSPS) is 21.1. The number of halogens is 2. The number of ketones is 1. The summed E-state index contributed by atoms with van der Waals surface area (Å²) in [6, 6.07) is 4.32. The molecule has 0 aliphatic heterocycles. The number of rotatable bonds is 4. The van der Waals surface area contributed by atoms with Gasteiger partial charge in [-0.2, -0.15) is 0 Å². The fourth-order valence-electron chi connectivity index (χ4n) is 2.50. The van der Waals surface area contributed by atoms with Gasteiger partial charge in [-0.25, -0.2) is 4.39 Å². The third-order valence-electron chi connectivity index (χ3n) is 3.56. The van der Waals surface area contributed by atoms with Crippen LogP contribution in [0.4, 0.5) is 4.39 Å². The van der Waals surface area contributed by atoms with E-state index in [4.69, 9.17) is 4.74 Å².